The SMILES string of the molecule is CCOc1ccccc1C(=O)OCc1cn2cc(Cl)ccc2n1. The summed E-state index contributed by atoms with van der Waals surface area (Å²) in [6, 6.07) is 10.6. The van der Waals surface area contributed by atoms with Crippen molar-refractivity contribution in [3.8, 4) is 5.75 Å². The summed E-state index contributed by atoms with van der Waals surface area (Å²) in [6.07, 6.45) is 3.53. The lowest BCUT2D eigenvalue weighted by atomic mass is 10.2. The van der Waals surface area contributed by atoms with Crippen molar-refractivity contribution >= 4 is 23.2 Å². The molecule has 3 aromatic rings. The van der Waals surface area contributed by atoms with Gasteiger partial charge in [-0.05, 0) is 31.2 Å². The summed E-state index contributed by atoms with van der Waals surface area (Å²) in [7, 11) is 0. The highest BCUT2D eigenvalue weighted by Crippen LogP contribution is 2.19. The Balaban J connectivity index is 1.73. The van der Waals surface area contributed by atoms with E-state index in [9.17, 15) is 4.79 Å². The first-order valence-corrected chi connectivity index (χ1v) is 7.57. The fourth-order valence-corrected chi connectivity index (χ4v) is 2.39. The van der Waals surface area contributed by atoms with Crippen molar-refractivity contribution in [3.63, 3.8) is 0 Å². The molecule has 0 aliphatic rings. The van der Waals surface area contributed by atoms with E-state index in [0.29, 0.717) is 28.6 Å². The number of carbonyl (C=O) groups is 1. The van der Waals surface area contributed by atoms with E-state index in [1.807, 2.05) is 13.0 Å². The lowest BCUT2D eigenvalue weighted by molar-refractivity contribution is 0.0464. The van der Waals surface area contributed by atoms with Gasteiger partial charge in [-0.25, -0.2) is 9.78 Å². The maximum Gasteiger partial charge on any atom is 0.342 e. The summed E-state index contributed by atoms with van der Waals surface area (Å²) in [4.78, 5) is 16.6. The second-order valence-electron chi connectivity index (χ2n) is 4.85. The molecule has 0 aliphatic carbocycles. The van der Waals surface area contributed by atoms with E-state index in [0.717, 1.165) is 5.65 Å². The molecule has 2 heterocycles. The topological polar surface area (TPSA) is 52.8 Å². The molecular weight excluding hydrogens is 316 g/mol. The highest BCUT2D eigenvalue weighted by atomic mass is 35.5. The van der Waals surface area contributed by atoms with Crippen LogP contribution >= 0.6 is 11.6 Å². The van der Waals surface area contributed by atoms with Gasteiger partial charge in [0.1, 0.15) is 23.6 Å². The van der Waals surface area contributed by atoms with Crippen molar-refractivity contribution in [1.29, 1.82) is 0 Å². The van der Waals surface area contributed by atoms with Gasteiger partial charge in [0.2, 0.25) is 0 Å². The van der Waals surface area contributed by atoms with Gasteiger partial charge in [0, 0.05) is 12.4 Å². The molecule has 118 valence electrons. The third-order valence-corrected chi connectivity index (χ3v) is 3.45. The number of esters is 1. The molecule has 0 aliphatic heterocycles. The molecule has 0 spiro atoms. The Bertz CT molecular complexity index is 845. The van der Waals surface area contributed by atoms with E-state index < -0.39 is 5.97 Å². The molecule has 0 radical (unpaired) electrons. The number of aromatic nitrogens is 2. The van der Waals surface area contributed by atoms with Crippen LogP contribution in [-0.2, 0) is 11.3 Å². The number of pyridine rings is 1. The molecule has 0 saturated heterocycles. The summed E-state index contributed by atoms with van der Waals surface area (Å²) in [6.45, 7) is 2.43. The lowest BCUT2D eigenvalue weighted by Gasteiger charge is -2.09. The standard InChI is InChI=1S/C17H15ClN2O3/c1-2-22-15-6-4-3-5-14(15)17(21)23-11-13-10-20-9-12(18)7-8-16(20)19-13/h3-10H,2,11H2,1H3. The van der Waals surface area contributed by atoms with E-state index in [1.165, 1.54) is 0 Å². The smallest absolute Gasteiger partial charge is 0.342 e. The number of para-hydroxylation sites is 1. The van der Waals surface area contributed by atoms with Crippen LogP contribution in [0.1, 0.15) is 23.0 Å². The van der Waals surface area contributed by atoms with Crippen LogP contribution in [0, 0.1) is 0 Å². The molecule has 3 rings (SSSR count). The summed E-state index contributed by atoms with van der Waals surface area (Å²) in [5, 5.41) is 0.615. The van der Waals surface area contributed by atoms with Crippen molar-refractivity contribution in [2.24, 2.45) is 0 Å². The second kappa shape index (κ2) is 6.71. The van der Waals surface area contributed by atoms with Gasteiger partial charge < -0.3 is 13.9 Å². The molecule has 23 heavy (non-hydrogen) atoms. The maximum absolute atomic E-state index is 12.2. The van der Waals surface area contributed by atoms with Gasteiger partial charge in [-0.2, -0.15) is 0 Å². The first-order valence-electron chi connectivity index (χ1n) is 7.19. The molecule has 0 amide bonds. The number of hydrogen-bond acceptors (Lipinski definition) is 4. The lowest BCUT2D eigenvalue weighted by Crippen LogP contribution is -2.08. The van der Waals surface area contributed by atoms with Gasteiger partial charge in [-0.15, -0.1) is 0 Å². The van der Waals surface area contributed by atoms with E-state index in [1.54, 1.807) is 47.1 Å². The van der Waals surface area contributed by atoms with E-state index in [2.05, 4.69) is 4.98 Å². The number of halogens is 1. The van der Waals surface area contributed by atoms with Crippen molar-refractivity contribution in [2.75, 3.05) is 6.61 Å². The number of hydrogen-bond donors (Lipinski definition) is 0. The average molecular weight is 331 g/mol. The van der Waals surface area contributed by atoms with Crippen LogP contribution in [0.5, 0.6) is 5.75 Å². The highest BCUT2D eigenvalue weighted by Gasteiger charge is 2.14. The van der Waals surface area contributed by atoms with Crippen molar-refractivity contribution in [1.82, 2.24) is 9.38 Å². The zero-order valence-corrected chi connectivity index (χ0v) is 13.3. The molecule has 0 saturated carbocycles. The predicted molar refractivity (Wildman–Crippen MR) is 86.9 cm³/mol. The van der Waals surface area contributed by atoms with Crippen LogP contribution in [0.2, 0.25) is 5.02 Å². The predicted octanol–water partition coefficient (Wildman–Crippen LogP) is 3.74. The number of rotatable bonds is 5. The number of benzene rings is 1. The average Bonchev–Trinajstić information content (AvgIpc) is 2.95. The summed E-state index contributed by atoms with van der Waals surface area (Å²) in [5.74, 6) is 0.0749. The molecule has 0 fully saturated rings. The summed E-state index contributed by atoms with van der Waals surface area (Å²) < 4.78 is 12.6. The van der Waals surface area contributed by atoms with E-state index in [-0.39, 0.29) is 6.61 Å². The third kappa shape index (κ3) is 3.46. The van der Waals surface area contributed by atoms with Gasteiger partial charge in [-0.1, -0.05) is 23.7 Å². The Morgan fingerprint density at radius 1 is 1.22 bits per heavy atom. The van der Waals surface area contributed by atoms with Crippen LogP contribution in [0.4, 0.5) is 0 Å². The minimum absolute atomic E-state index is 0.0819. The van der Waals surface area contributed by atoms with Crippen LogP contribution < -0.4 is 4.74 Å². The number of ether oxygens (including phenoxy) is 2. The van der Waals surface area contributed by atoms with Crippen LogP contribution in [0.15, 0.2) is 48.8 Å². The second-order valence-corrected chi connectivity index (χ2v) is 5.29. The number of fused-ring (bicyclic) bond motifs is 1. The summed E-state index contributed by atoms with van der Waals surface area (Å²) in [5.41, 5.74) is 1.80. The van der Waals surface area contributed by atoms with Gasteiger partial charge >= 0.3 is 5.97 Å². The molecule has 6 heteroatoms. The van der Waals surface area contributed by atoms with E-state index in [4.69, 9.17) is 21.1 Å². The molecule has 0 bridgehead atoms. The number of carbonyl (C=O) groups excluding carboxylic acids is 1. The summed E-state index contributed by atoms with van der Waals surface area (Å²) >= 11 is 5.93. The first kappa shape index (κ1) is 15.4. The Hall–Kier alpha value is -2.53. The van der Waals surface area contributed by atoms with Gasteiger partial charge in [0.05, 0.1) is 17.3 Å². The zero-order valence-electron chi connectivity index (χ0n) is 12.5. The third-order valence-electron chi connectivity index (χ3n) is 3.22. The maximum atomic E-state index is 12.2. The minimum atomic E-state index is -0.441. The van der Waals surface area contributed by atoms with Gasteiger partial charge in [-0.3, -0.25) is 0 Å². The van der Waals surface area contributed by atoms with Crippen molar-refractivity contribution in [2.45, 2.75) is 13.5 Å². The van der Waals surface area contributed by atoms with Gasteiger partial charge in [0.25, 0.3) is 0 Å². The van der Waals surface area contributed by atoms with Crippen molar-refractivity contribution < 1.29 is 14.3 Å². The van der Waals surface area contributed by atoms with Crippen LogP contribution in [0.25, 0.3) is 5.65 Å². The Kier molecular flexibility index (Phi) is 4.48. The van der Waals surface area contributed by atoms with Gasteiger partial charge in [0.15, 0.2) is 0 Å². The fraction of sp³-hybridized carbons (Fsp3) is 0.176. The molecule has 0 unspecified atom stereocenters. The Morgan fingerprint density at radius 3 is 2.87 bits per heavy atom. The van der Waals surface area contributed by atoms with Crippen LogP contribution in [0.3, 0.4) is 0 Å². The number of nitrogens with zero attached hydrogens (tertiary/aromatic N) is 2. The Morgan fingerprint density at radius 2 is 2.04 bits per heavy atom. The highest BCUT2D eigenvalue weighted by molar-refractivity contribution is 6.30. The molecule has 5 nitrogen and oxygen atoms in total. The van der Waals surface area contributed by atoms with Crippen molar-refractivity contribution in [3.05, 3.63) is 65.1 Å². The molecule has 2 aromatic heterocycles. The zero-order chi connectivity index (χ0) is 16.2. The normalized spacial score (nSPS) is 10.7. The largest absolute Gasteiger partial charge is 0.493 e. The quantitative estimate of drug-likeness (QED) is 0.669. The fourth-order valence-electron chi connectivity index (χ4n) is 2.22. The van der Waals surface area contributed by atoms with E-state index >= 15 is 0 Å². The van der Waals surface area contributed by atoms with Crippen LogP contribution in [-0.4, -0.2) is 22.0 Å². The first-order chi connectivity index (χ1) is 11.2. The molecule has 0 N–H and O–H groups in total. The monoisotopic (exact) mass is 330 g/mol. The molecule has 1 aromatic carbocycles. The molecule has 0 atom stereocenters. The Labute approximate surface area is 138 Å². The minimum Gasteiger partial charge on any atom is -0.493 e. The number of imidazole rings is 1. The molecular formula is C17H15ClN2O3.